The molecular formula is C15H19F2NO2. The van der Waals surface area contributed by atoms with E-state index in [-0.39, 0.29) is 31.2 Å². The summed E-state index contributed by atoms with van der Waals surface area (Å²) in [6.45, 7) is 3.87. The molecule has 0 spiro atoms. The zero-order chi connectivity index (χ0) is 14.7. The largest absolute Gasteiger partial charge is 0.369 e. The maximum atomic E-state index is 13.7. The van der Waals surface area contributed by atoms with E-state index in [0.29, 0.717) is 5.56 Å². The van der Waals surface area contributed by atoms with Crippen molar-refractivity contribution in [2.24, 2.45) is 0 Å². The maximum absolute atomic E-state index is 13.7. The first kappa shape index (κ1) is 14.9. The smallest absolute Gasteiger partial charge is 0.249 e. The molecule has 0 radical (unpaired) electrons. The molecule has 1 amide bonds. The van der Waals surface area contributed by atoms with Gasteiger partial charge in [-0.3, -0.25) is 4.79 Å². The second-order valence-electron chi connectivity index (χ2n) is 5.35. The summed E-state index contributed by atoms with van der Waals surface area (Å²) in [5.74, 6) is -1.38. The quantitative estimate of drug-likeness (QED) is 0.803. The summed E-state index contributed by atoms with van der Waals surface area (Å²) in [5.41, 5.74) is 0.330. The monoisotopic (exact) mass is 283 g/mol. The molecule has 2 rings (SSSR count). The minimum atomic E-state index is -0.617. The molecule has 0 atom stereocenters. The number of ether oxygens (including phenoxy) is 1. The molecule has 0 N–H and O–H groups in total. The minimum absolute atomic E-state index is 0.00300. The minimum Gasteiger partial charge on any atom is -0.369 e. The highest BCUT2D eigenvalue weighted by Gasteiger charge is 2.33. The molecule has 1 aromatic rings. The van der Waals surface area contributed by atoms with Crippen molar-refractivity contribution < 1.29 is 18.3 Å². The number of hydrogen-bond donors (Lipinski definition) is 0. The number of benzene rings is 1. The van der Waals surface area contributed by atoms with Crippen LogP contribution in [0.5, 0.6) is 0 Å². The third kappa shape index (κ3) is 4.00. The van der Waals surface area contributed by atoms with Gasteiger partial charge in [0.25, 0.3) is 0 Å². The lowest BCUT2D eigenvalue weighted by atomic mass is 10.2. The lowest BCUT2D eigenvalue weighted by molar-refractivity contribution is -0.138. The summed E-state index contributed by atoms with van der Waals surface area (Å²) in [6.07, 6.45) is 1.83. The molecule has 20 heavy (non-hydrogen) atoms. The molecule has 0 heterocycles. The number of carbonyl (C=O) groups excluding carboxylic acids is 1. The van der Waals surface area contributed by atoms with Gasteiger partial charge in [-0.15, -0.1) is 0 Å². The molecule has 0 aromatic heterocycles. The van der Waals surface area contributed by atoms with Crippen LogP contribution in [0.1, 0.15) is 32.3 Å². The third-order valence-corrected chi connectivity index (χ3v) is 3.20. The van der Waals surface area contributed by atoms with Gasteiger partial charge in [-0.2, -0.15) is 0 Å². The molecule has 0 saturated heterocycles. The Morgan fingerprint density at radius 1 is 1.40 bits per heavy atom. The van der Waals surface area contributed by atoms with Crippen molar-refractivity contribution in [1.29, 1.82) is 0 Å². The van der Waals surface area contributed by atoms with Gasteiger partial charge in [0, 0.05) is 24.2 Å². The molecule has 0 bridgehead atoms. The van der Waals surface area contributed by atoms with E-state index in [1.807, 2.05) is 13.8 Å². The average molecular weight is 283 g/mol. The summed E-state index contributed by atoms with van der Waals surface area (Å²) in [5, 5.41) is 0. The Bertz CT molecular complexity index is 487. The topological polar surface area (TPSA) is 29.5 Å². The van der Waals surface area contributed by atoms with Crippen LogP contribution in [0.4, 0.5) is 8.78 Å². The molecular weight excluding hydrogens is 264 g/mol. The van der Waals surface area contributed by atoms with Crippen LogP contribution < -0.4 is 0 Å². The zero-order valence-electron chi connectivity index (χ0n) is 11.7. The normalized spacial score (nSPS) is 14.7. The van der Waals surface area contributed by atoms with Gasteiger partial charge in [0.15, 0.2) is 0 Å². The van der Waals surface area contributed by atoms with Crippen LogP contribution in [0.2, 0.25) is 0 Å². The van der Waals surface area contributed by atoms with Gasteiger partial charge < -0.3 is 9.64 Å². The lowest BCUT2D eigenvalue weighted by Gasteiger charge is -2.23. The molecule has 1 aliphatic carbocycles. The van der Waals surface area contributed by atoms with Gasteiger partial charge in [-0.1, -0.05) is 6.07 Å². The number of nitrogens with zero attached hydrogens (tertiary/aromatic N) is 1. The number of hydrogen-bond acceptors (Lipinski definition) is 2. The molecule has 5 heteroatoms. The first-order valence-corrected chi connectivity index (χ1v) is 6.82. The van der Waals surface area contributed by atoms with E-state index < -0.39 is 11.6 Å². The molecule has 110 valence electrons. The van der Waals surface area contributed by atoms with Crippen molar-refractivity contribution in [3.63, 3.8) is 0 Å². The highest BCUT2D eigenvalue weighted by Crippen LogP contribution is 2.29. The molecule has 1 aromatic carbocycles. The van der Waals surface area contributed by atoms with E-state index in [4.69, 9.17) is 4.74 Å². The predicted molar refractivity (Wildman–Crippen MR) is 71.0 cm³/mol. The molecule has 1 aliphatic rings. The molecule has 1 saturated carbocycles. The highest BCUT2D eigenvalue weighted by atomic mass is 19.1. The summed E-state index contributed by atoms with van der Waals surface area (Å²) >= 11 is 0. The lowest BCUT2D eigenvalue weighted by Crippen LogP contribution is -2.36. The Morgan fingerprint density at radius 2 is 2.10 bits per heavy atom. The fraction of sp³-hybridized carbons (Fsp3) is 0.533. The van der Waals surface area contributed by atoms with Crippen LogP contribution in [0.15, 0.2) is 18.2 Å². The van der Waals surface area contributed by atoms with Crippen molar-refractivity contribution in [3.8, 4) is 0 Å². The van der Waals surface area contributed by atoms with Crippen molar-refractivity contribution in [1.82, 2.24) is 4.90 Å². The number of halogens is 2. The fourth-order valence-corrected chi connectivity index (χ4v) is 1.96. The van der Waals surface area contributed by atoms with Crippen molar-refractivity contribution >= 4 is 5.91 Å². The van der Waals surface area contributed by atoms with Crippen LogP contribution >= 0.6 is 0 Å². The second kappa shape index (κ2) is 6.31. The summed E-state index contributed by atoms with van der Waals surface area (Å²) in [6, 6.07) is 3.59. The van der Waals surface area contributed by atoms with Gasteiger partial charge in [-0.05, 0) is 32.8 Å². The van der Waals surface area contributed by atoms with E-state index in [1.54, 1.807) is 4.90 Å². The summed E-state index contributed by atoms with van der Waals surface area (Å²) < 4.78 is 31.9. The first-order valence-electron chi connectivity index (χ1n) is 6.82. The maximum Gasteiger partial charge on any atom is 0.249 e. The SMILES string of the molecule is CC(C)OCC(=O)N(Cc1ccc(F)cc1F)C1CC1. The number of amides is 1. The molecule has 0 unspecified atom stereocenters. The van der Waals surface area contributed by atoms with E-state index >= 15 is 0 Å². The standard InChI is InChI=1S/C15H19F2NO2/c1-10(2)20-9-15(19)18(13-5-6-13)8-11-3-4-12(16)7-14(11)17/h3-4,7,10,13H,5-6,8-9H2,1-2H3. The zero-order valence-corrected chi connectivity index (χ0v) is 11.7. The molecule has 3 nitrogen and oxygen atoms in total. The van der Waals surface area contributed by atoms with Gasteiger partial charge in [0.1, 0.15) is 18.2 Å². The van der Waals surface area contributed by atoms with Crippen molar-refractivity contribution in [2.75, 3.05) is 6.61 Å². The van der Waals surface area contributed by atoms with Crippen LogP contribution in [-0.2, 0) is 16.1 Å². The number of carbonyl (C=O) groups is 1. The first-order chi connectivity index (χ1) is 9.47. The van der Waals surface area contributed by atoms with Gasteiger partial charge >= 0.3 is 0 Å². The Kier molecular flexibility index (Phi) is 4.70. The van der Waals surface area contributed by atoms with Gasteiger partial charge in [0.2, 0.25) is 5.91 Å². The van der Waals surface area contributed by atoms with Crippen LogP contribution in [0, 0.1) is 11.6 Å². The summed E-state index contributed by atoms with van der Waals surface area (Å²) in [4.78, 5) is 13.7. The summed E-state index contributed by atoms with van der Waals surface area (Å²) in [7, 11) is 0. The van der Waals surface area contributed by atoms with E-state index in [1.165, 1.54) is 12.1 Å². The number of rotatable bonds is 6. The fourth-order valence-electron chi connectivity index (χ4n) is 1.96. The third-order valence-electron chi connectivity index (χ3n) is 3.20. The van der Waals surface area contributed by atoms with E-state index in [2.05, 4.69) is 0 Å². The predicted octanol–water partition coefficient (Wildman–Crippen LogP) is 2.88. The Morgan fingerprint density at radius 3 is 2.65 bits per heavy atom. The Balaban J connectivity index is 2.03. The van der Waals surface area contributed by atoms with Gasteiger partial charge in [0.05, 0.1) is 6.10 Å². The van der Waals surface area contributed by atoms with Crippen molar-refractivity contribution in [2.45, 2.75) is 45.4 Å². The van der Waals surface area contributed by atoms with E-state index in [9.17, 15) is 13.6 Å². The Labute approximate surface area is 117 Å². The van der Waals surface area contributed by atoms with Crippen LogP contribution in [0.3, 0.4) is 0 Å². The van der Waals surface area contributed by atoms with Crippen LogP contribution in [-0.4, -0.2) is 29.6 Å². The Hall–Kier alpha value is -1.49. The molecule has 0 aliphatic heterocycles. The highest BCUT2D eigenvalue weighted by molar-refractivity contribution is 5.78. The molecule has 1 fully saturated rings. The van der Waals surface area contributed by atoms with Crippen molar-refractivity contribution in [3.05, 3.63) is 35.4 Å². The average Bonchev–Trinajstić information content (AvgIpc) is 3.19. The van der Waals surface area contributed by atoms with Crippen LogP contribution in [0.25, 0.3) is 0 Å². The second-order valence-corrected chi connectivity index (χ2v) is 5.35. The van der Waals surface area contributed by atoms with Gasteiger partial charge in [-0.25, -0.2) is 8.78 Å². The van der Waals surface area contributed by atoms with E-state index in [0.717, 1.165) is 18.9 Å².